The van der Waals surface area contributed by atoms with Crippen LogP contribution in [0.4, 0.5) is 0 Å². The minimum atomic E-state index is -0.294. The summed E-state index contributed by atoms with van der Waals surface area (Å²) in [4.78, 5) is 16.0. The largest absolute Gasteiger partial charge is 0.291 e. The number of thiophene rings is 1. The highest BCUT2D eigenvalue weighted by Crippen LogP contribution is 2.40. The number of nitrogens with zero attached hydrogens (tertiary/aromatic N) is 1. The van der Waals surface area contributed by atoms with Crippen LogP contribution in [0, 0.1) is 0 Å². The second-order valence-electron chi connectivity index (χ2n) is 4.84. The number of likely N-dealkylation sites (N-methyl/N-ethyl adjacent to an activating group) is 1. The first kappa shape index (κ1) is 14.0. The van der Waals surface area contributed by atoms with Crippen LogP contribution in [-0.2, 0) is 0 Å². The molecule has 2 nitrogen and oxygen atoms in total. The Morgan fingerprint density at radius 1 is 1.39 bits per heavy atom. The summed E-state index contributed by atoms with van der Waals surface area (Å²) < 4.78 is 0. The van der Waals surface area contributed by atoms with Gasteiger partial charge >= 0.3 is 0 Å². The fourth-order valence-corrected chi connectivity index (χ4v) is 4.32. The number of ketones is 1. The van der Waals surface area contributed by atoms with Crippen molar-refractivity contribution in [1.82, 2.24) is 4.90 Å². The molecule has 0 amide bonds. The SMILES string of the molecule is CCN(CC)C1(C(=O)c2sccc2Cl)CCCC1. The fourth-order valence-electron chi connectivity index (χ4n) is 3.14. The molecule has 0 unspecified atom stereocenters. The van der Waals surface area contributed by atoms with Gasteiger partial charge in [-0.05, 0) is 37.4 Å². The molecule has 1 aliphatic rings. The van der Waals surface area contributed by atoms with Crippen molar-refractivity contribution in [2.45, 2.75) is 45.1 Å². The molecule has 0 spiro atoms. The van der Waals surface area contributed by atoms with E-state index >= 15 is 0 Å². The zero-order chi connectivity index (χ0) is 13.2. The monoisotopic (exact) mass is 285 g/mol. The van der Waals surface area contributed by atoms with E-state index in [1.807, 2.05) is 11.4 Å². The molecule has 0 aliphatic heterocycles. The predicted octanol–water partition coefficient (Wildman–Crippen LogP) is 4.24. The van der Waals surface area contributed by atoms with E-state index in [1.54, 1.807) is 0 Å². The quantitative estimate of drug-likeness (QED) is 0.754. The zero-order valence-corrected chi connectivity index (χ0v) is 12.6. The van der Waals surface area contributed by atoms with Crippen molar-refractivity contribution in [2.24, 2.45) is 0 Å². The first-order valence-corrected chi connectivity index (χ1v) is 7.94. The van der Waals surface area contributed by atoms with Crippen LogP contribution in [-0.4, -0.2) is 29.3 Å². The second kappa shape index (κ2) is 5.72. The van der Waals surface area contributed by atoms with E-state index in [4.69, 9.17) is 11.6 Å². The number of hydrogen-bond acceptors (Lipinski definition) is 3. The maximum absolute atomic E-state index is 12.9. The van der Waals surface area contributed by atoms with Gasteiger partial charge in [0.1, 0.15) is 0 Å². The molecule has 1 heterocycles. The van der Waals surface area contributed by atoms with Crippen LogP contribution in [0.25, 0.3) is 0 Å². The molecular weight excluding hydrogens is 266 g/mol. The van der Waals surface area contributed by atoms with Gasteiger partial charge in [-0.2, -0.15) is 0 Å². The number of carbonyl (C=O) groups excluding carboxylic acids is 1. The molecule has 100 valence electrons. The van der Waals surface area contributed by atoms with E-state index in [-0.39, 0.29) is 11.3 Å². The third-order valence-electron chi connectivity index (χ3n) is 4.05. The normalized spacial score (nSPS) is 18.4. The Hall–Kier alpha value is -0.380. The molecule has 2 rings (SSSR count). The minimum Gasteiger partial charge on any atom is -0.291 e. The highest BCUT2D eigenvalue weighted by Gasteiger charge is 2.46. The fraction of sp³-hybridized carbons (Fsp3) is 0.643. The molecule has 1 saturated carbocycles. The second-order valence-corrected chi connectivity index (χ2v) is 6.16. The molecule has 0 saturated heterocycles. The molecule has 1 fully saturated rings. The van der Waals surface area contributed by atoms with E-state index in [1.165, 1.54) is 11.3 Å². The number of halogens is 1. The van der Waals surface area contributed by atoms with Crippen LogP contribution in [0.15, 0.2) is 11.4 Å². The van der Waals surface area contributed by atoms with Gasteiger partial charge in [0, 0.05) is 0 Å². The van der Waals surface area contributed by atoms with Crippen LogP contribution in [0.1, 0.15) is 49.2 Å². The average molecular weight is 286 g/mol. The van der Waals surface area contributed by atoms with Gasteiger partial charge in [-0.3, -0.25) is 9.69 Å². The van der Waals surface area contributed by atoms with E-state index in [2.05, 4.69) is 18.7 Å². The molecule has 18 heavy (non-hydrogen) atoms. The summed E-state index contributed by atoms with van der Waals surface area (Å²) in [5, 5.41) is 2.52. The van der Waals surface area contributed by atoms with Gasteiger partial charge in [-0.1, -0.05) is 38.3 Å². The summed E-state index contributed by atoms with van der Waals surface area (Å²) in [5.74, 6) is 0.240. The van der Waals surface area contributed by atoms with E-state index in [0.29, 0.717) is 5.02 Å². The summed E-state index contributed by atoms with van der Waals surface area (Å²) in [6, 6.07) is 1.82. The Balaban J connectivity index is 2.36. The van der Waals surface area contributed by atoms with Gasteiger partial charge in [-0.15, -0.1) is 11.3 Å². The topological polar surface area (TPSA) is 20.3 Å². The van der Waals surface area contributed by atoms with Gasteiger partial charge in [0.2, 0.25) is 0 Å². The molecule has 4 heteroatoms. The highest BCUT2D eigenvalue weighted by molar-refractivity contribution is 7.12. The Bertz CT molecular complexity index is 419. The lowest BCUT2D eigenvalue weighted by Crippen LogP contribution is -2.52. The molecular formula is C14H20ClNOS. The molecule has 1 aromatic heterocycles. The van der Waals surface area contributed by atoms with Crippen molar-refractivity contribution in [3.63, 3.8) is 0 Å². The average Bonchev–Trinajstić information content (AvgIpc) is 3.00. The van der Waals surface area contributed by atoms with E-state index < -0.39 is 0 Å². The summed E-state index contributed by atoms with van der Waals surface area (Å²) in [7, 11) is 0. The Labute approximate surface area is 118 Å². The molecule has 1 aromatic rings. The number of Topliss-reactive ketones (excluding diaryl/α,β-unsaturated/α-hetero) is 1. The van der Waals surface area contributed by atoms with Gasteiger partial charge in [0.25, 0.3) is 0 Å². The number of hydrogen-bond donors (Lipinski definition) is 0. The van der Waals surface area contributed by atoms with E-state index in [0.717, 1.165) is 43.6 Å². The first-order chi connectivity index (χ1) is 8.65. The van der Waals surface area contributed by atoms with Gasteiger partial charge in [0.15, 0.2) is 5.78 Å². The molecule has 0 aromatic carbocycles. The standard InChI is InChI=1S/C14H20ClNOS/c1-3-16(4-2)14(8-5-6-9-14)13(17)12-11(15)7-10-18-12/h7,10H,3-6,8-9H2,1-2H3. The van der Waals surface area contributed by atoms with Crippen LogP contribution >= 0.6 is 22.9 Å². The van der Waals surface area contributed by atoms with Crippen LogP contribution in [0.3, 0.4) is 0 Å². The zero-order valence-electron chi connectivity index (χ0n) is 11.0. The van der Waals surface area contributed by atoms with Crippen LogP contribution in [0.5, 0.6) is 0 Å². The first-order valence-electron chi connectivity index (χ1n) is 6.68. The maximum atomic E-state index is 12.9. The minimum absolute atomic E-state index is 0.240. The van der Waals surface area contributed by atoms with Crippen LogP contribution in [0.2, 0.25) is 5.02 Å². The summed E-state index contributed by atoms with van der Waals surface area (Å²) in [6.07, 6.45) is 4.24. The Kier molecular flexibility index (Phi) is 4.46. The Morgan fingerprint density at radius 2 is 2.00 bits per heavy atom. The molecule has 0 N–H and O–H groups in total. The maximum Gasteiger partial charge on any atom is 0.194 e. The highest BCUT2D eigenvalue weighted by atomic mass is 35.5. The van der Waals surface area contributed by atoms with Crippen molar-refractivity contribution in [1.29, 1.82) is 0 Å². The van der Waals surface area contributed by atoms with Crippen molar-refractivity contribution in [3.8, 4) is 0 Å². The summed E-state index contributed by atoms with van der Waals surface area (Å²) in [6.45, 7) is 6.11. The Morgan fingerprint density at radius 3 is 2.44 bits per heavy atom. The van der Waals surface area contributed by atoms with Gasteiger partial charge in [0.05, 0.1) is 15.4 Å². The summed E-state index contributed by atoms with van der Waals surface area (Å²) in [5.41, 5.74) is -0.294. The van der Waals surface area contributed by atoms with Crippen molar-refractivity contribution < 1.29 is 4.79 Å². The third-order valence-corrected chi connectivity index (χ3v) is 5.39. The van der Waals surface area contributed by atoms with Crippen molar-refractivity contribution >= 4 is 28.7 Å². The van der Waals surface area contributed by atoms with Gasteiger partial charge < -0.3 is 0 Å². The molecule has 1 aliphatic carbocycles. The smallest absolute Gasteiger partial charge is 0.194 e. The molecule has 0 bridgehead atoms. The lowest BCUT2D eigenvalue weighted by Gasteiger charge is -2.38. The molecule has 0 atom stereocenters. The third kappa shape index (κ3) is 2.24. The van der Waals surface area contributed by atoms with Crippen molar-refractivity contribution in [3.05, 3.63) is 21.3 Å². The molecule has 0 radical (unpaired) electrons. The van der Waals surface area contributed by atoms with E-state index in [9.17, 15) is 4.79 Å². The van der Waals surface area contributed by atoms with Crippen LogP contribution < -0.4 is 0 Å². The lowest BCUT2D eigenvalue weighted by molar-refractivity contribution is 0.0589. The summed E-state index contributed by atoms with van der Waals surface area (Å²) >= 11 is 7.61. The predicted molar refractivity (Wildman–Crippen MR) is 77.8 cm³/mol. The van der Waals surface area contributed by atoms with Gasteiger partial charge in [-0.25, -0.2) is 0 Å². The number of rotatable bonds is 5. The lowest BCUT2D eigenvalue weighted by atomic mass is 9.88. The van der Waals surface area contributed by atoms with Crippen molar-refractivity contribution in [2.75, 3.05) is 13.1 Å². The number of carbonyl (C=O) groups is 1.